The molecule has 10 heteroatoms. The summed E-state index contributed by atoms with van der Waals surface area (Å²) in [5.74, 6) is -1.35. The van der Waals surface area contributed by atoms with Gasteiger partial charge in [-0.15, -0.1) is 0 Å². The van der Waals surface area contributed by atoms with E-state index < -0.39 is 23.8 Å². The molecular formula is C20H23N5O4S. The Balaban J connectivity index is 1.97. The first-order chi connectivity index (χ1) is 14.4. The first-order valence-corrected chi connectivity index (χ1v) is 9.59. The maximum absolute atomic E-state index is 12.4. The molecule has 0 aliphatic carbocycles. The lowest BCUT2D eigenvalue weighted by Gasteiger charge is -2.18. The van der Waals surface area contributed by atoms with E-state index in [1.807, 2.05) is 0 Å². The Labute approximate surface area is 179 Å². The van der Waals surface area contributed by atoms with Crippen LogP contribution in [0.3, 0.4) is 0 Å². The summed E-state index contributed by atoms with van der Waals surface area (Å²) in [6.45, 7) is 1.67. The van der Waals surface area contributed by atoms with Crippen LogP contribution in [0.1, 0.15) is 35.3 Å². The second kappa shape index (κ2) is 11.5. The van der Waals surface area contributed by atoms with E-state index in [-0.39, 0.29) is 24.7 Å². The quantitative estimate of drug-likeness (QED) is 0.346. The predicted octanol–water partition coefficient (Wildman–Crippen LogP) is 1.28. The van der Waals surface area contributed by atoms with Crippen LogP contribution in [-0.4, -0.2) is 41.0 Å². The number of ether oxygens (including phenoxy) is 1. The number of nitrogens with zero attached hydrogens (tertiary/aromatic N) is 1. The summed E-state index contributed by atoms with van der Waals surface area (Å²) in [7, 11) is 0. The van der Waals surface area contributed by atoms with Crippen LogP contribution in [0.2, 0.25) is 0 Å². The van der Waals surface area contributed by atoms with Crippen LogP contribution in [0.25, 0.3) is 0 Å². The number of anilines is 1. The Kier molecular flexibility index (Phi) is 8.70. The summed E-state index contributed by atoms with van der Waals surface area (Å²) in [4.78, 5) is 40.6. The third-order valence-corrected chi connectivity index (χ3v) is 4.00. The van der Waals surface area contributed by atoms with E-state index in [0.717, 1.165) is 0 Å². The van der Waals surface area contributed by atoms with Gasteiger partial charge in [0.05, 0.1) is 25.6 Å². The maximum Gasteiger partial charge on any atom is 0.308 e. The third kappa shape index (κ3) is 7.47. The number of thiocarbonyl (C=S) groups is 1. The standard InChI is InChI=1S/C20H23N5O4S/c1-2-29-18(27)10-16(14-6-4-8-22-11-14)25-17(26)12-23-19(28)13-5-3-7-15(9-13)24-20(21)30/h3-9,11,16H,2,10,12H2,1H3,(H,23,28)(H,25,26)(H3,21,24,30). The number of esters is 1. The van der Waals surface area contributed by atoms with Gasteiger partial charge in [0.25, 0.3) is 5.91 Å². The number of hydrogen-bond acceptors (Lipinski definition) is 6. The molecule has 1 unspecified atom stereocenters. The number of pyridine rings is 1. The summed E-state index contributed by atoms with van der Waals surface area (Å²) in [6.07, 6.45) is 3.10. The van der Waals surface area contributed by atoms with Gasteiger partial charge >= 0.3 is 5.97 Å². The molecule has 1 aromatic heterocycles. The van der Waals surface area contributed by atoms with E-state index in [2.05, 4.69) is 20.9 Å². The van der Waals surface area contributed by atoms with Gasteiger partial charge in [-0.1, -0.05) is 12.1 Å². The van der Waals surface area contributed by atoms with Crippen LogP contribution in [0.4, 0.5) is 5.69 Å². The largest absolute Gasteiger partial charge is 0.466 e. The Morgan fingerprint density at radius 1 is 1.23 bits per heavy atom. The fourth-order valence-corrected chi connectivity index (χ4v) is 2.73. The number of aromatic nitrogens is 1. The van der Waals surface area contributed by atoms with Crippen LogP contribution in [0.15, 0.2) is 48.8 Å². The van der Waals surface area contributed by atoms with Crippen LogP contribution < -0.4 is 21.7 Å². The van der Waals surface area contributed by atoms with Crippen molar-refractivity contribution in [3.05, 3.63) is 59.9 Å². The van der Waals surface area contributed by atoms with Crippen molar-refractivity contribution in [3.8, 4) is 0 Å². The van der Waals surface area contributed by atoms with Crippen LogP contribution >= 0.6 is 12.2 Å². The molecule has 0 aliphatic rings. The summed E-state index contributed by atoms with van der Waals surface area (Å²) in [5, 5.41) is 8.08. The molecule has 1 heterocycles. The number of hydrogen-bond donors (Lipinski definition) is 4. The van der Waals surface area contributed by atoms with Crippen LogP contribution in [0.5, 0.6) is 0 Å². The molecular weight excluding hydrogens is 406 g/mol. The van der Waals surface area contributed by atoms with E-state index in [0.29, 0.717) is 16.8 Å². The monoisotopic (exact) mass is 429 g/mol. The number of benzene rings is 1. The first kappa shape index (κ1) is 22.8. The Hall–Kier alpha value is -3.53. The second-order valence-electron chi connectivity index (χ2n) is 6.17. The van der Waals surface area contributed by atoms with Crippen molar-refractivity contribution >= 4 is 40.8 Å². The van der Waals surface area contributed by atoms with Gasteiger partial charge in [0.1, 0.15) is 0 Å². The zero-order valence-electron chi connectivity index (χ0n) is 16.4. The topological polar surface area (TPSA) is 135 Å². The molecule has 158 valence electrons. The zero-order chi connectivity index (χ0) is 21.9. The molecule has 0 aliphatic heterocycles. The highest BCUT2D eigenvalue weighted by Crippen LogP contribution is 2.16. The molecule has 30 heavy (non-hydrogen) atoms. The predicted molar refractivity (Wildman–Crippen MR) is 116 cm³/mol. The number of amides is 2. The molecule has 0 saturated carbocycles. The van der Waals surface area contributed by atoms with Crippen molar-refractivity contribution in [2.75, 3.05) is 18.5 Å². The fraction of sp³-hybridized carbons (Fsp3) is 0.250. The van der Waals surface area contributed by atoms with Crippen molar-refractivity contribution in [1.29, 1.82) is 0 Å². The lowest BCUT2D eigenvalue weighted by atomic mass is 10.1. The average Bonchev–Trinajstić information content (AvgIpc) is 2.72. The maximum atomic E-state index is 12.4. The molecule has 0 radical (unpaired) electrons. The van der Waals surface area contributed by atoms with Crippen molar-refractivity contribution in [1.82, 2.24) is 15.6 Å². The minimum absolute atomic E-state index is 0.0497. The van der Waals surface area contributed by atoms with Crippen molar-refractivity contribution < 1.29 is 19.1 Å². The number of nitrogens with two attached hydrogens (primary N) is 1. The van der Waals surface area contributed by atoms with Gasteiger partial charge in [0.15, 0.2) is 5.11 Å². The molecule has 2 aromatic rings. The highest BCUT2D eigenvalue weighted by Gasteiger charge is 2.20. The van der Waals surface area contributed by atoms with Crippen molar-refractivity contribution in [2.24, 2.45) is 5.73 Å². The minimum Gasteiger partial charge on any atom is -0.466 e. The van der Waals surface area contributed by atoms with Gasteiger partial charge < -0.3 is 26.4 Å². The zero-order valence-corrected chi connectivity index (χ0v) is 17.2. The molecule has 0 fully saturated rings. The second-order valence-corrected chi connectivity index (χ2v) is 6.61. The first-order valence-electron chi connectivity index (χ1n) is 9.18. The van der Waals surface area contributed by atoms with E-state index in [1.165, 1.54) is 0 Å². The lowest BCUT2D eigenvalue weighted by Crippen LogP contribution is -2.39. The van der Waals surface area contributed by atoms with Gasteiger partial charge in [0, 0.05) is 23.6 Å². The minimum atomic E-state index is -0.625. The molecule has 5 N–H and O–H groups in total. The summed E-state index contributed by atoms with van der Waals surface area (Å²) in [6, 6.07) is 9.35. The normalized spacial score (nSPS) is 11.1. The average molecular weight is 430 g/mol. The van der Waals surface area contributed by atoms with E-state index in [1.54, 1.807) is 55.7 Å². The Morgan fingerprint density at radius 2 is 2.03 bits per heavy atom. The SMILES string of the molecule is CCOC(=O)CC(NC(=O)CNC(=O)c1cccc(NC(N)=S)c1)c1cccnc1. The molecule has 1 aromatic carbocycles. The van der Waals surface area contributed by atoms with Gasteiger partial charge in [-0.3, -0.25) is 19.4 Å². The van der Waals surface area contributed by atoms with E-state index >= 15 is 0 Å². The Morgan fingerprint density at radius 3 is 2.70 bits per heavy atom. The highest BCUT2D eigenvalue weighted by atomic mass is 32.1. The lowest BCUT2D eigenvalue weighted by molar-refractivity contribution is -0.143. The smallest absolute Gasteiger partial charge is 0.308 e. The van der Waals surface area contributed by atoms with Gasteiger partial charge in [0.2, 0.25) is 5.91 Å². The van der Waals surface area contributed by atoms with Crippen molar-refractivity contribution in [3.63, 3.8) is 0 Å². The molecule has 0 spiro atoms. The third-order valence-electron chi connectivity index (χ3n) is 3.90. The van der Waals surface area contributed by atoms with Crippen LogP contribution in [-0.2, 0) is 14.3 Å². The Bertz CT molecular complexity index is 907. The molecule has 2 rings (SSSR count). The van der Waals surface area contributed by atoms with Gasteiger partial charge in [-0.25, -0.2) is 0 Å². The number of rotatable bonds is 9. The summed E-state index contributed by atoms with van der Waals surface area (Å²) < 4.78 is 4.97. The fourth-order valence-electron chi connectivity index (χ4n) is 2.61. The van der Waals surface area contributed by atoms with Crippen molar-refractivity contribution in [2.45, 2.75) is 19.4 Å². The number of carbonyl (C=O) groups excluding carboxylic acids is 3. The highest BCUT2D eigenvalue weighted by molar-refractivity contribution is 7.80. The number of nitrogens with one attached hydrogen (secondary N) is 3. The molecule has 0 saturated heterocycles. The molecule has 2 amide bonds. The number of carbonyl (C=O) groups is 3. The van der Waals surface area contributed by atoms with Gasteiger partial charge in [-0.05, 0) is 49.0 Å². The molecule has 0 bridgehead atoms. The van der Waals surface area contributed by atoms with Crippen LogP contribution in [0, 0.1) is 0 Å². The summed E-state index contributed by atoms with van der Waals surface area (Å²) in [5.41, 5.74) is 6.97. The van der Waals surface area contributed by atoms with E-state index in [4.69, 9.17) is 22.7 Å². The summed E-state index contributed by atoms with van der Waals surface area (Å²) >= 11 is 4.77. The molecule has 1 atom stereocenters. The molecule has 9 nitrogen and oxygen atoms in total. The van der Waals surface area contributed by atoms with Gasteiger partial charge in [-0.2, -0.15) is 0 Å². The van der Waals surface area contributed by atoms with E-state index in [9.17, 15) is 14.4 Å².